The second-order valence-electron chi connectivity index (χ2n) is 15.7. The molecule has 0 aromatic carbocycles. The second-order valence-corrected chi connectivity index (χ2v) is 20.5. The summed E-state index contributed by atoms with van der Waals surface area (Å²) in [5, 5.41) is 0.0390. The molecule has 7 rings (SSSR count). The molecule has 2 spiro atoms. The summed E-state index contributed by atoms with van der Waals surface area (Å²) in [4.78, 5) is 9.48. The van der Waals surface area contributed by atoms with Crippen molar-refractivity contribution in [2.24, 2.45) is 5.41 Å². The van der Waals surface area contributed by atoms with Crippen molar-refractivity contribution in [2.45, 2.75) is 127 Å². The van der Waals surface area contributed by atoms with Gasteiger partial charge in [0.2, 0.25) is 0 Å². The van der Waals surface area contributed by atoms with Crippen LogP contribution in [0.3, 0.4) is 0 Å². The van der Waals surface area contributed by atoms with Crippen molar-refractivity contribution in [1.29, 1.82) is 0 Å². The average Bonchev–Trinajstić information content (AvgIpc) is 3.29. The van der Waals surface area contributed by atoms with E-state index in [1.165, 1.54) is 36.6 Å². The van der Waals surface area contributed by atoms with Gasteiger partial charge in [-0.3, -0.25) is 9.97 Å². The van der Waals surface area contributed by atoms with Gasteiger partial charge in [0, 0.05) is 73.8 Å². The van der Waals surface area contributed by atoms with Gasteiger partial charge < -0.3 is 18.6 Å². The first-order valence-corrected chi connectivity index (χ1v) is 19.7. The highest BCUT2D eigenvalue weighted by atomic mass is 28.4. The topological polar surface area (TPSA) is 62.7 Å². The molecule has 3 fully saturated rings. The van der Waals surface area contributed by atoms with Crippen LogP contribution in [-0.4, -0.2) is 44.7 Å². The van der Waals surface area contributed by atoms with Crippen molar-refractivity contribution in [3.05, 3.63) is 57.7 Å². The zero-order chi connectivity index (χ0) is 31.8. The quantitative estimate of drug-likeness (QED) is 0.311. The monoisotopic (exact) mass is 644 g/mol. The fraction of sp³-hybridized carbons (Fsp3) is 0.714. The number of ether oxygens (including phenoxy) is 3. The number of aromatic nitrogens is 2. The smallest absolute Gasteiger partial charge is 0.410 e. The number of hydrogen-bond donors (Lipinski definition) is 0. The molecule has 2 atom stereocenters. The Morgan fingerprint density at radius 3 is 2.20 bits per heavy atom. The maximum absolute atomic E-state index is 13.5. The van der Waals surface area contributed by atoms with Crippen molar-refractivity contribution >= 4 is 8.32 Å². The third kappa shape index (κ3) is 5.50. The van der Waals surface area contributed by atoms with Crippen LogP contribution in [0.4, 0.5) is 13.2 Å². The van der Waals surface area contributed by atoms with Gasteiger partial charge in [-0.2, -0.15) is 13.2 Å². The highest BCUT2D eigenvalue weighted by Crippen LogP contribution is 2.62. The summed E-state index contributed by atoms with van der Waals surface area (Å²) in [6.45, 7) is 14.0. The third-order valence-electron chi connectivity index (χ3n) is 11.9. The van der Waals surface area contributed by atoms with E-state index in [4.69, 9.17) is 23.6 Å². The number of pyridine rings is 2. The standard InChI is InChI=1S/C35H47F3N2O4Si/c1-32(2,3)45(4,5)44-25-20-33(11-6-12-33)19-24-27(25)29-28(30(40-24)22-9-15-41-16-10-22)31(43-34(29)13-17-42-18-14-34)23-7-8-26(39-21-23)35(36,37)38/h7-8,21-22,25,31H,6,9-20H2,1-5H3. The van der Waals surface area contributed by atoms with Crippen molar-refractivity contribution in [1.82, 2.24) is 9.97 Å². The van der Waals surface area contributed by atoms with Crippen LogP contribution in [0.1, 0.15) is 130 Å². The van der Waals surface area contributed by atoms with Crippen LogP contribution < -0.4 is 0 Å². The fourth-order valence-corrected chi connectivity index (χ4v) is 9.46. The minimum Gasteiger partial charge on any atom is -0.410 e. The Morgan fingerprint density at radius 2 is 1.62 bits per heavy atom. The third-order valence-corrected chi connectivity index (χ3v) is 16.4. The van der Waals surface area contributed by atoms with Crippen molar-refractivity contribution in [3.63, 3.8) is 0 Å². The molecule has 0 radical (unpaired) electrons. The van der Waals surface area contributed by atoms with Crippen LogP contribution in [0.15, 0.2) is 18.3 Å². The Morgan fingerprint density at radius 1 is 0.933 bits per heavy atom. The van der Waals surface area contributed by atoms with Gasteiger partial charge in [0.25, 0.3) is 0 Å². The summed E-state index contributed by atoms with van der Waals surface area (Å²) >= 11 is 0. The molecule has 2 saturated heterocycles. The van der Waals surface area contributed by atoms with Crippen LogP contribution in [0.5, 0.6) is 0 Å². The van der Waals surface area contributed by atoms with E-state index >= 15 is 0 Å². The first-order valence-electron chi connectivity index (χ1n) is 16.8. The van der Waals surface area contributed by atoms with E-state index in [0.29, 0.717) is 44.8 Å². The predicted molar refractivity (Wildman–Crippen MR) is 167 cm³/mol. The lowest BCUT2D eigenvalue weighted by molar-refractivity contribution is -0.141. The van der Waals surface area contributed by atoms with E-state index in [1.807, 2.05) is 0 Å². The van der Waals surface area contributed by atoms with Gasteiger partial charge in [0.15, 0.2) is 8.32 Å². The molecular formula is C35H47F3N2O4Si. The minimum absolute atomic E-state index is 0.0390. The lowest BCUT2D eigenvalue weighted by atomic mass is 9.58. The van der Waals surface area contributed by atoms with Gasteiger partial charge in [-0.15, -0.1) is 0 Å². The van der Waals surface area contributed by atoms with E-state index in [-0.39, 0.29) is 22.5 Å². The molecule has 2 aliphatic carbocycles. The van der Waals surface area contributed by atoms with Gasteiger partial charge in [-0.25, -0.2) is 0 Å². The molecular weight excluding hydrogens is 597 g/mol. The average molecular weight is 645 g/mol. The molecule has 3 aliphatic heterocycles. The molecule has 2 unspecified atom stereocenters. The van der Waals surface area contributed by atoms with E-state index in [9.17, 15) is 13.2 Å². The van der Waals surface area contributed by atoms with Crippen molar-refractivity contribution in [3.8, 4) is 0 Å². The number of alkyl halides is 3. The van der Waals surface area contributed by atoms with Crippen LogP contribution in [0.25, 0.3) is 0 Å². The van der Waals surface area contributed by atoms with Gasteiger partial charge in [-0.05, 0) is 73.7 Å². The van der Waals surface area contributed by atoms with Gasteiger partial charge in [0.1, 0.15) is 11.8 Å². The first kappa shape index (κ1) is 31.7. The fourth-order valence-electron chi connectivity index (χ4n) is 8.19. The van der Waals surface area contributed by atoms with Crippen LogP contribution in [0.2, 0.25) is 18.1 Å². The number of halogens is 3. The number of nitrogens with zero attached hydrogens (tertiary/aromatic N) is 2. The lowest BCUT2D eigenvalue weighted by Crippen LogP contribution is -2.47. The molecule has 2 aromatic heterocycles. The highest BCUT2D eigenvalue weighted by Gasteiger charge is 2.55. The summed E-state index contributed by atoms with van der Waals surface area (Å²) in [5.74, 6) is 0.195. The van der Waals surface area contributed by atoms with E-state index in [0.717, 1.165) is 48.7 Å². The SMILES string of the molecule is CC(C)(C)[Si](C)(C)OC1CC2(CCC2)Cc2nc(C3CCOCC3)c3c(c21)C1(CCOCC1)OC3c1ccc(C(F)(F)F)nc1. The summed E-state index contributed by atoms with van der Waals surface area (Å²) in [7, 11) is -2.18. The molecule has 5 heterocycles. The minimum atomic E-state index is -4.51. The zero-order valence-corrected chi connectivity index (χ0v) is 28.3. The highest BCUT2D eigenvalue weighted by molar-refractivity contribution is 6.74. The predicted octanol–water partition coefficient (Wildman–Crippen LogP) is 8.69. The second kappa shape index (κ2) is 11.1. The van der Waals surface area contributed by atoms with Crippen molar-refractivity contribution in [2.75, 3.05) is 26.4 Å². The summed E-state index contributed by atoms with van der Waals surface area (Å²) in [6, 6.07) is 2.62. The molecule has 45 heavy (non-hydrogen) atoms. The number of hydrogen-bond acceptors (Lipinski definition) is 6. The van der Waals surface area contributed by atoms with Gasteiger partial charge in [0.05, 0.1) is 17.4 Å². The first-order chi connectivity index (χ1) is 21.2. The number of rotatable bonds is 4. The van der Waals surface area contributed by atoms with Gasteiger partial charge in [-0.1, -0.05) is 33.3 Å². The van der Waals surface area contributed by atoms with E-state index < -0.39 is 31.9 Å². The molecule has 0 bridgehead atoms. The maximum atomic E-state index is 13.5. The Balaban J connectivity index is 1.46. The molecule has 5 aliphatic rings. The Labute approximate surface area is 265 Å². The van der Waals surface area contributed by atoms with E-state index in [1.54, 1.807) is 6.07 Å². The molecule has 6 nitrogen and oxygen atoms in total. The largest absolute Gasteiger partial charge is 0.433 e. The molecule has 1 saturated carbocycles. The van der Waals surface area contributed by atoms with Crippen molar-refractivity contribution < 1.29 is 31.8 Å². The molecule has 0 amide bonds. The molecule has 0 N–H and O–H groups in total. The summed E-state index contributed by atoms with van der Waals surface area (Å²) < 4.78 is 66.9. The zero-order valence-electron chi connectivity index (χ0n) is 27.3. The number of fused-ring (bicyclic) bond motifs is 4. The normalized spacial score (nSPS) is 26.5. The summed E-state index contributed by atoms with van der Waals surface area (Å²) in [6.07, 6.45) is 4.87. The van der Waals surface area contributed by atoms with Crippen LogP contribution in [-0.2, 0) is 36.8 Å². The lowest BCUT2D eigenvalue weighted by Gasteiger charge is -2.51. The Bertz CT molecular complexity index is 1420. The summed E-state index contributed by atoms with van der Waals surface area (Å²) in [5.41, 5.74) is 4.97. The molecule has 2 aromatic rings. The Hall–Kier alpha value is -1.85. The van der Waals surface area contributed by atoms with Crippen LogP contribution >= 0.6 is 0 Å². The van der Waals surface area contributed by atoms with E-state index in [2.05, 4.69) is 38.8 Å². The molecule has 10 heteroatoms. The maximum Gasteiger partial charge on any atom is 0.433 e. The van der Waals surface area contributed by atoms with Gasteiger partial charge >= 0.3 is 6.18 Å². The van der Waals surface area contributed by atoms with Crippen LogP contribution in [0, 0.1) is 5.41 Å². The Kier molecular flexibility index (Phi) is 7.83. The molecule has 246 valence electrons.